The summed E-state index contributed by atoms with van der Waals surface area (Å²) in [6.07, 6.45) is 4.60. The molecule has 1 fully saturated rings. The molecule has 1 saturated carbocycles. The molecule has 98 valence electrons. The number of hydrogen-bond donors (Lipinski definition) is 4. The van der Waals surface area contributed by atoms with Crippen LogP contribution in [-0.4, -0.2) is 32.5 Å². The van der Waals surface area contributed by atoms with Crippen LogP contribution in [0.3, 0.4) is 0 Å². The molecule has 0 aromatic carbocycles. The summed E-state index contributed by atoms with van der Waals surface area (Å²) in [5.41, 5.74) is -1.65. The van der Waals surface area contributed by atoms with E-state index in [9.17, 15) is 19.5 Å². The second-order valence-corrected chi connectivity index (χ2v) is 4.56. The first-order chi connectivity index (χ1) is 8.53. The van der Waals surface area contributed by atoms with E-state index in [-0.39, 0.29) is 5.69 Å². The largest absolute Gasteiger partial charge is 0.480 e. The van der Waals surface area contributed by atoms with Crippen molar-refractivity contribution in [3.8, 4) is 0 Å². The molecule has 0 radical (unpaired) electrons. The van der Waals surface area contributed by atoms with E-state index in [2.05, 4.69) is 15.3 Å². The number of hydrogen-bond acceptors (Lipinski definition) is 3. The molecule has 0 saturated heterocycles. The molecule has 4 N–H and O–H groups in total. The van der Waals surface area contributed by atoms with Gasteiger partial charge in [-0.15, -0.1) is 0 Å². The fourth-order valence-electron chi connectivity index (χ4n) is 2.29. The minimum absolute atomic E-state index is 0.0474. The number of carboxylic acid groups (broad SMARTS) is 1. The van der Waals surface area contributed by atoms with E-state index in [1.165, 1.54) is 6.20 Å². The van der Waals surface area contributed by atoms with Gasteiger partial charge in [0.15, 0.2) is 0 Å². The Kier molecular flexibility index (Phi) is 3.22. The number of H-pyrrole nitrogens is 2. The summed E-state index contributed by atoms with van der Waals surface area (Å²) in [5, 5.41) is 11.8. The molecular weight excluding hydrogens is 238 g/mol. The van der Waals surface area contributed by atoms with Crippen LogP contribution in [0.2, 0.25) is 0 Å². The number of aromatic amines is 2. The number of imidazole rings is 1. The third-order valence-electron chi connectivity index (χ3n) is 3.31. The van der Waals surface area contributed by atoms with Crippen molar-refractivity contribution in [2.24, 2.45) is 0 Å². The Bertz CT molecular complexity index is 510. The molecule has 7 nitrogen and oxygen atoms in total. The van der Waals surface area contributed by atoms with Gasteiger partial charge in [0.25, 0.3) is 5.91 Å². The van der Waals surface area contributed by atoms with Crippen LogP contribution in [0, 0.1) is 0 Å². The summed E-state index contributed by atoms with van der Waals surface area (Å²) in [4.78, 5) is 38.7. The third kappa shape index (κ3) is 2.29. The Morgan fingerprint density at radius 2 is 1.94 bits per heavy atom. The van der Waals surface area contributed by atoms with Gasteiger partial charge in [-0.25, -0.2) is 9.59 Å². The van der Waals surface area contributed by atoms with Gasteiger partial charge >= 0.3 is 11.7 Å². The molecule has 0 unspecified atom stereocenters. The summed E-state index contributed by atoms with van der Waals surface area (Å²) in [6.45, 7) is 0. The Balaban J connectivity index is 2.16. The van der Waals surface area contributed by atoms with Crippen molar-refractivity contribution in [3.05, 3.63) is 22.4 Å². The maximum atomic E-state index is 11.9. The zero-order valence-corrected chi connectivity index (χ0v) is 9.78. The highest BCUT2D eigenvalue weighted by Gasteiger charge is 2.41. The Labute approximate surface area is 103 Å². The second kappa shape index (κ2) is 4.67. The van der Waals surface area contributed by atoms with E-state index in [1.807, 2.05) is 0 Å². The summed E-state index contributed by atoms with van der Waals surface area (Å²) in [7, 11) is 0. The predicted molar refractivity (Wildman–Crippen MR) is 62.3 cm³/mol. The lowest BCUT2D eigenvalue weighted by Crippen LogP contribution is -2.55. The lowest BCUT2D eigenvalue weighted by atomic mass is 9.81. The number of amides is 1. The fourth-order valence-corrected chi connectivity index (χ4v) is 2.29. The number of nitrogens with one attached hydrogen (secondary N) is 3. The molecule has 7 heteroatoms. The van der Waals surface area contributed by atoms with Crippen molar-refractivity contribution in [3.63, 3.8) is 0 Å². The van der Waals surface area contributed by atoms with Crippen molar-refractivity contribution in [1.82, 2.24) is 15.3 Å². The van der Waals surface area contributed by atoms with Gasteiger partial charge < -0.3 is 20.4 Å². The van der Waals surface area contributed by atoms with Crippen LogP contribution >= 0.6 is 0 Å². The zero-order chi connectivity index (χ0) is 13.2. The molecular formula is C11H15N3O4. The number of carbonyl (C=O) groups excluding carboxylic acids is 1. The molecule has 2 rings (SSSR count). The third-order valence-corrected chi connectivity index (χ3v) is 3.31. The molecule has 1 aliphatic rings. The lowest BCUT2D eigenvalue weighted by molar-refractivity contribution is -0.145. The highest BCUT2D eigenvalue weighted by atomic mass is 16.4. The minimum Gasteiger partial charge on any atom is -0.480 e. The average molecular weight is 253 g/mol. The Hall–Kier alpha value is -2.05. The number of carbonyl (C=O) groups is 2. The van der Waals surface area contributed by atoms with E-state index < -0.39 is 23.1 Å². The normalized spacial score (nSPS) is 18.2. The van der Waals surface area contributed by atoms with Gasteiger partial charge in [0.1, 0.15) is 11.2 Å². The van der Waals surface area contributed by atoms with E-state index in [0.717, 1.165) is 19.3 Å². The molecule has 0 atom stereocenters. The molecule has 1 aromatic rings. The standard InChI is InChI=1S/C11H15N3O4/c15-8(7-6-12-10(18)13-7)14-11(9(16)17)4-2-1-3-5-11/h6H,1-5H2,(H,14,15)(H,16,17)(H2,12,13,18). The number of rotatable bonds is 3. The fraction of sp³-hybridized carbons (Fsp3) is 0.545. The molecule has 1 amide bonds. The molecule has 18 heavy (non-hydrogen) atoms. The molecule has 1 heterocycles. The maximum Gasteiger partial charge on any atom is 0.329 e. The molecule has 1 aliphatic carbocycles. The van der Waals surface area contributed by atoms with Crippen LogP contribution < -0.4 is 11.0 Å². The molecule has 0 spiro atoms. The molecule has 0 bridgehead atoms. The topological polar surface area (TPSA) is 115 Å². The van der Waals surface area contributed by atoms with Gasteiger partial charge in [0.05, 0.1) is 0 Å². The van der Waals surface area contributed by atoms with Crippen LogP contribution in [0.1, 0.15) is 42.6 Å². The van der Waals surface area contributed by atoms with Crippen LogP contribution in [0.15, 0.2) is 11.0 Å². The summed E-state index contributed by atoms with van der Waals surface area (Å²) in [5.74, 6) is -1.59. The smallest absolute Gasteiger partial charge is 0.329 e. The van der Waals surface area contributed by atoms with Crippen LogP contribution in [0.5, 0.6) is 0 Å². The van der Waals surface area contributed by atoms with Crippen LogP contribution in [-0.2, 0) is 4.79 Å². The Morgan fingerprint density at radius 3 is 2.44 bits per heavy atom. The van der Waals surface area contributed by atoms with Gasteiger partial charge in [-0.05, 0) is 12.8 Å². The van der Waals surface area contributed by atoms with Gasteiger partial charge in [0.2, 0.25) is 0 Å². The van der Waals surface area contributed by atoms with E-state index in [0.29, 0.717) is 12.8 Å². The lowest BCUT2D eigenvalue weighted by Gasteiger charge is -2.33. The number of carboxylic acids is 1. The average Bonchev–Trinajstić information content (AvgIpc) is 2.77. The summed E-state index contributed by atoms with van der Waals surface area (Å²) in [6, 6.07) is 0. The Morgan fingerprint density at radius 1 is 1.28 bits per heavy atom. The van der Waals surface area contributed by atoms with E-state index in [1.54, 1.807) is 0 Å². The van der Waals surface area contributed by atoms with Gasteiger partial charge in [-0.3, -0.25) is 4.79 Å². The first-order valence-corrected chi connectivity index (χ1v) is 5.87. The highest BCUT2D eigenvalue weighted by molar-refractivity contribution is 5.96. The minimum atomic E-state index is -1.20. The number of aromatic nitrogens is 2. The quantitative estimate of drug-likeness (QED) is 0.616. The first kappa shape index (κ1) is 12.4. The van der Waals surface area contributed by atoms with E-state index in [4.69, 9.17) is 0 Å². The summed E-state index contributed by atoms with van der Waals surface area (Å²) >= 11 is 0. The second-order valence-electron chi connectivity index (χ2n) is 4.56. The van der Waals surface area contributed by atoms with Crippen LogP contribution in [0.4, 0.5) is 0 Å². The van der Waals surface area contributed by atoms with Crippen molar-refractivity contribution in [2.45, 2.75) is 37.6 Å². The van der Waals surface area contributed by atoms with Crippen molar-refractivity contribution in [2.75, 3.05) is 0 Å². The van der Waals surface area contributed by atoms with Crippen molar-refractivity contribution < 1.29 is 14.7 Å². The van der Waals surface area contributed by atoms with Crippen molar-refractivity contribution >= 4 is 11.9 Å². The van der Waals surface area contributed by atoms with Crippen molar-refractivity contribution in [1.29, 1.82) is 0 Å². The van der Waals surface area contributed by atoms with Gasteiger partial charge in [-0.1, -0.05) is 19.3 Å². The molecule has 1 aromatic heterocycles. The van der Waals surface area contributed by atoms with Gasteiger partial charge in [-0.2, -0.15) is 0 Å². The van der Waals surface area contributed by atoms with E-state index >= 15 is 0 Å². The SMILES string of the molecule is O=C(NC1(C(=O)O)CCCCC1)c1c[nH]c(=O)[nH]1. The monoisotopic (exact) mass is 253 g/mol. The summed E-state index contributed by atoms with van der Waals surface area (Å²) < 4.78 is 0. The molecule has 0 aliphatic heterocycles. The first-order valence-electron chi connectivity index (χ1n) is 5.87. The number of aliphatic carboxylic acids is 1. The predicted octanol–water partition coefficient (Wildman–Crippen LogP) is 0.220. The zero-order valence-electron chi connectivity index (χ0n) is 9.78. The highest BCUT2D eigenvalue weighted by Crippen LogP contribution is 2.28. The van der Waals surface area contributed by atoms with Crippen LogP contribution in [0.25, 0.3) is 0 Å². The van der Waals surface area contributed by atoms with Gasteiger partial charge in [0, 0.05) is 6.20 Å². The maximum absolute atomic E-state index is 11.9.